The molecule has 7 heteroatoms. The van der Waals surface area contributed by atoms with E-state index in [1.807, 2.05) is 0 Å². The highest BCUT2D eigenvalue weighted by Gasteiger charge is 2.26. The third-order valence-electron chi connectivity index (χ3n) is 3.22. The smallest absolute Gasteiger partial charge is 0.326 e. The van der Waals surface area contributed by atoms with Gasteiger partial charge in [-0.2, -0.15) is 0 Å². The number of aromatic amines is 1. The van der Waals surface area contributed by atoms with Crippen LogP contribution in [0.5, 0.6) is 0 Å². The van der Waals surface area contributed by atoms with Crippen molar-refractivity contribution in [1.82, 2.24) is 20.6 Å². The zero-order valence-corrected chi connectivity index (χ0v) is 10.6. The number of carbonyl (C=O) groups is 2. The van der Waals surface area contributed by atoms with Crippen molar-refractivity contribution >= 4 is 11.9 Å². The first kappa shape index (κ1) is 13.5. The SMILES string of the molecule is O=C(O)[C@@H](Cc1cnc[nH]1)NC(=O)[C@H]1CCCCN1. The number of amides is 1. The highest BCUT2D eigenvalue weighted by atomic mass is 16.4. The first-order valence-electron chi connectivity index (χ1n) is 6.40. The second kappa shape index (κ2) is 6.33. The first-order valence-corrected chi connectivity index (χ1v) is 6.40. The minimum absolute atomic E-state index is 0.202. The van der Waals surface area contributed by atoms with Crippen LogP contribution in [0.3, 0.4) is 0 Å². The number of carboxylic acids is 1. The molecule has 0 saturated carbocycles. The minimum Gasteiger partial charge on any atom is -0.480 e. The van der Waals surface area contributed by atoms with Crippen LogP contribution in [0.2, 0.25) is 0 Å². The van der Waals surface area contributed by atoms with Crippen molar-refractivity contribution in [3.05, 3.63) is 18.2 Å². The summed E-state index contributed by atoms with van der Waals surface area (Å²) in [5.41, 5.74) is 0.685. The minimum atomic E-state index is -1.04. The van der Waals surface area contributed by atoms with Crippen LogP contribution < -0.4 is 10.6 Å². The number of nitrogens with one attached hydrogen (secondary N) is 3. The van der Waals surface area contributed by atoms with Gasteiger partial charge in [-0.05, 0) is 19.4 Å². The fraction of sp³-hybridized carbons (Fsp3) is 0.583. The van der Waals surface area contributed by atoms with Gasteiger partial charge in [0.05, 0.1) is 12.4 Å². The lowest BCUT2D eigenvalue weighted by atomic mass is 10.0. The molecule has 7 nitrogen and oxygen atoms in total. The second-order valence-electron chi connectivity index (χ2n) is 4.68. The molecule has 0 bridgehead atoms. The van der Waals surface area contributed by atoms with Gasteiger partial charge in [0.15, 0.2) is 0 Å². The lowest BCUT2D eigenvalue weighted by molar-refractivity contribution is -0.142. The molecule has 0 radical (unpaired) electrons. The number of hydrogen-bond donors (Lipinski definition) is 4. The summed E-state index contributed by atoms with van der Waals surface area (Å²) in [4.78, 5) is 29.8. The Bertz CT molecular complexity index is 426. The van der Waals surface area contributed by atoms with Crippen molar-refractivity contribution in [2.24, 2.45) is 0 Å². The number of nitrogens with zero attached hydrogens (tertiary/aromatic N) is 1. The van der Waals surface area contributed by atoms with Gasteiger partial charge in [-0.15, -0.1) is 0 Å². The lowest BCUT2D eigenvalue weighted by Gasteiger charge is -2.24. The third kappa shape index (κ3) is 3.78. The molecule has 0 aromatic carbocycles. The summed E-state index contributed by atoms with van der Waals surface area (Å²) >= 11 is 0. The Kier molecular flexibility index (Phi) is 4.51. The normalized spacial score (nSPS) is 20.7. The maximum absolute atomic E-state index is 12.0. The molecule has 1 aliphatic heterocycles. The van der Waals surface area contributed by atoms with Gasteiger partial charge < -0.3 is 20.7 Å². The van der Waals surface area contributed by atoms with Crippen molar-refractivity contribution in [1.29, 1.82) is 0 Å². The van der Waals surface area contributed by atoms with E-state index in [-0.39, 0.29) is 18.4 Å². The summed E-state index contributed by atoms with van der Waals surface area (Å²) < 4.78 is 0. The molecule has 1 aromatic heterocycles. The van der Waals surface area contributed by atoms with Gasteiger partial charge in [-0.1, -0.05) is 6.42 Å². The maximum Gasteiger partial charge on any atom is 0.326 e. The third-order valence-corrected chi connectivity index (χ3v) is 3.22. The molecule has 1 fully saturated rings. The Hall–Kier alpha value is -1.89. The monoisotopic (exact) mass is 266 g/mol. The molecule has 2 rings (SSSR count). The van der Waals surface area contributed by atoms with Gasteiger partial charge in [-0.25, -0.2) is 9.78 Å². The van der Waals surface area contributed by atoms with Crippen LogP contribution in [0.15, 0.2) is 12.5 Å². The molecule has 1 saturated heterocycles. The number of H-pyrrole nitrogens is 1. The average molecular weight is 266 g/mol. The zero-order chi connectivity index (χ0) is 13.7. The van der Waals surface area contributed by atoms with Crippen LogP contribution in [0, 0.1) is 0 Å². The molecule has 0 aliphatic carbocycles. The van der Waals surface area contributed by atoms with Crippen molar-refractivity contribution in [2.75, 3.05) is 6.54 Å². The van der Waals surface area contributed by atoms with E-state index in [0.717, 1.165) is 25.8 Å². The maximum atomic E-state index is 12.0. The number of aliphatic carboxylic acids is 1. The number of carboxylic acid groups (broad SMARTS) is 1. The van der Waals surface area contributed by atoms with Crippen LogP contribution in [0.25, 0.3) is 0 Å². The molecule has 0 unspecified atom stereocenters. The number of carbonyl (C=O) groups excluding carboxylic acids is 1. The summed E-state index contributed by atoms with van der Waals surface area (Å²) in [7, 11) is 0. The van der Waals surface area contributed by atoms with Crippen LogP contribution in [0.4, 0.5) is 0 Å². The largest absolute Gasteiger partial charge is 0.480 e. The zero-order valence-electron chi connectivity index (χ0n) is 10.6. The lowest BCUT2D eigenvalue weighted by Crippen LogP contribution is -2.52. The molecule has 2 atom stereocenters. The Balaban J connectivity index is 1.92. The van der Waals surface area contributed by atoms with E-state index in [1.165, 1.54) is 6.33 Å². The van der Waals surface area contributed by atoms with E-state index in [2.05, 4.69) is 20.6 Å². The van der Waals surface area contributed by atoms with Crippen LogP contribution in [0.1, 0.15) is 25.0 Å². The van der Waals surface area contributed by atoms with Gasteiger partial charge >= 0.3 is 5.97 Å². The molecule has 19 heavy (non-hydrogen) atoms. The number of aromatic nitrogens is 2. The molecule has 4 N–H and O–H groups in total. The predicted molar refractivity (Wildman–Crippen MR) is 67.5 cm³/mol. The van der Waals surface area contributed by atoms with Crippen molar-refractivity contribution in [3.8, 4) is 0 Å². The van der Waals surface area contributed by atoms with E-state index >= 15 is 0 Å². The number of imidazole rings is 1. The van der Waals surface area contributed by atoms with E-state index < -0.39 is 12.0 Å². The Morgan fingerprint density at radius 3 is 2.95 bits per heavy atom. The molecular weight excluding hydrogens is 248 g/mol. The fourth-order valence-electron chi connectivity index (χ4n) is 2.16. The fourth-order valence-corrected chi connectivity index (χ4v) is 2.16. The van der Waals surface area contributed by atoms with E-state index in [0.29, 0.717) is 5.69 Å². The molecule has 2 heterocycles. The molecule has 104 valence electrons. The Labute approximate surface area is 110 Å². The Morgan fingerprint density at radius 2 is 2.37 bits per heavy atom. The van der Waals surface area contributed by atoms with Crippen LogP contribution in [-0.4, -0.2) is 45.6 Å². The van der Waals surface area contributed by atoms with Crippen molar-refractivity contribution in [2.45, 2.75) is 37.8 Å². The number of rotatable bonds is 5. The van der Waals surface area contributed by atoms with Gasteiger partial charge in [0.1, 0.15) is 6.04 Å². The summed E-state index contributed by atoms with van der Waals surface area (Å²) in [6.45, 7) is 0.802. The summed E-state index contributed by atoms with van der Waals surface area (Å²) in [6, 6.07) is -1.21. The van der Waals surface area contributed by atoms with Gasteiger partial charge in [-0.3, -0.25) is 4.79 Å². The second-order valence-corrected chi connectivity index (χ2v) is 4.68. The number of piperidine rings is 1. The standard InChI is InChI=1S/C12H18N4O3/c17-11(9-3-1-2-4-14-9)16-10(12(18)19)5-8-6-13-7-15-8/h6-7,9-10,14H,1-5H2,(H,13,15)(H,16,17)(H,18,19)/t9-,10-/m1/s1. The van der Waals surface area contributed by atoms with E-state index in [1.54, 1.807) is 6.20 Å². The van der Waals surface area contributed by atoms with Gasteiger partial charge in [0, 0.05) is 18.3 Å². The number of hydrogen-bond acceptors (Lipinski definition) is 4. The van der Waals surface area contributed by atoms with Gasteiger partial charge in [0.25, 0.3) is 0 Å². The highest BCUT2D eigenvalue weighted by molar-refractivity contribution is 5.87. The quantitative estimate of drug-likeness (QED) is 0.583. The molecule has 1 aromatic rings. The average Bonchev–Trinajstić information content (AvgIpc) is 2.91. The van der Waals surface area contributed by atoms with Crippen molar-refractivity contribution in [3.63, 3.8) is 0 Å². The predicted octanol–water partition coefficient (Wildman–Crippen LogP) is -0.336. The van der Waals surface area contributed by atoms with E-state index in [9.17, 15) is 9.59 Å². The van der Waals surface area contributed by atoms with Crippen molar-refractivity contribution < 1.29 is 14.7 Å². The highest BCUT2D eigenvalue weighted by Crippen LogP contribution is 2.08. The first-order chi connectivity index (χ1) is 9.16. The molecular formula is C12H18N4O3. The molecule has 1 amide bonds. The van der Waals surface area contributed by atoms with E-state index in [4.69, 9.17) is 5.11 Å². The van der Waals surface area contributed by atoms with Gasteiger partial charge in [0.2, 0.25) is 5.91 Å². The summed E-state index contributed by atoms with van der Waals surface area (Å²) in [6.07, 6.45) is 6.04. The molecule has 1 aliphatic rings. The van der Waals surface area contributed by atoms with Crippen LogP contribution >= 0.6 is 0 Å². The summed E-state index contributed by atoms with van der Waals surface area (Å²) in [5.74, 6) is -1.29. The molecule has 0 spiro atoms. The Morgan fingerprint density at radius 1 is 1.53 bits per heavy atom. The topological polar surface area (TPSA) is 107 Å². The van der Waals surface area contributed by atoms with Crippen LogP contribution in [-0.2, 0) is 16.0 Å². The summed E-state index contributed by atoms with van der Waals surface area (Å²) in [5, 5.41) is 14.8.